The minimum absolute atomic E-state index is 0.0250. The summed E-state index contributed by atoms with van der Waals surface area (Å²) >= 11 is 0. The molecule has 2 heterocycles. The number of furan rings is 1. The lowest BCUT2D eigenvalue weighted by Crippen LogP contribution is -2.26. The molecule has 10 heteroatoms. The van der Waals surface area contributed by atoms with E-state index in [1.165, 1.54) is 50.2 Å². The molecule has 2 aromatic heterocycles. The number of methoxy groups -OCH3 is 3. The minimum atomic E-state index is -0.959. The van der Waals surface area contributed by atoms with Crippen LogP contribution in [0.4, 0.5) is 0 Å². The van der Waals surface area contributed by atoms with Crippen LogP contribution in [0.2, 0.25) is 0 Å². The number of esters is 3. The third-order valence-electron chi connectivity index (χ3n) is 5.66. The van der Waals surface area contributed by atoms with Gasteiger partial charge in [0.1, 0.15) is 17.3 Å². The van der Waals surface area contributed by atoms with Gasteiger partial charge in [0, 0.05) is 18.3 Å². The Morgan fingerprint density at radius 1 is 0.971 bits per heavy atom. The van der Waals surface area contributed by atoms with Crippen molar-refractivity contribution in [2.75, 3.05) is 21.3 Å². The van der Waals surface area contributed by atoms with Gasteiger partial charge in [0.25, 0.3) is 5.56 Å². The molecular formula is C25H25NO9. The van der Waals surface area contributed by atoms with E-state index in [0.29, 0.717) is 11.3 Å². The first-order chi connectivity index (χ1) is 16.6. The molecule has 35 heavy (non-hydrogen) atoms. The van der Waals surface area contributed by atoms with Crippen molar-refractivity contribution in [3.63, 3.8) is 0 Å². The smallest absolute Gasteiger partial charge is 0.337 e. The number of carbonyl (C=O) groups excluding carboxylic acids is 3. The maximum Gasteiger partial charge on any atom is 0.337 e. The Bertz CT molecular complexity index is 1320. The molecule has 3 aromatic rings. The largest absolute Gasteiger partial charge is 0.507 e. The lowest BCUT2D eigenvalue weighted by Gasteiger charge is -2.17. The van der Waals surface area contributed by atoms with Crippen molar-refractivity contribution in [2.24, 2.45) is 7.05 Å². The molecule has 1 aromatic carbocycles. The number of hydrogen-bond acceptors (Lipinski definition) is 9. The molecule has 0 aliphatic rings. The van der Waals surface area contributed by atoms with Crippen LogP contribution in [0.25, 0.3) is 11.3 Å². The molecule has 0 saturated carbocycles. The number of carbonyl (C=O) groups is 3. The van der Waals surface area contributed by atoms with E-state index in [4.69, 9.17) is 18.6 Å². The van der Waals surface area contributed by atoms with E-state index in [2.05, 4.69) is 0 Å². The molecular weight excluding hydrogens is 458 g/mol. The van der Waals surface area contributed by atoms with Crippen LogP contribution in [0, 0.1) is 6.92 Å². The van der Waals surface area contributed by atoms with Gasteiger partial charge in [0.2, 0.25) is 0 Å². The average molecular weight is 483 g/mol. The van der Waals surface area contributed by atoms with Crippen LogP contribution in [-0.4, -0.2) is 48.9 Å². The number of ether oxygens (including phenoxy) is 3. The Kier molecular flexibility index (Phi) is 7.43. The molecule has 1 unspecified atom stereocenters. The molecule has 184 valence electrons. The predicted molar refractivity (Wildman–Crippen MR) is 123 cm³/mol. The summed E-state index contributed by atoms with van der Waals surface area (Å²) in [6.07, 6.45) is -0.273. The number of hydrogen-bond donors (Lipinski definition) is 1. The standard InChI is InChI=1S/C25H25NO9/c1-13-8-18(27)22(23(29)26(13)2)17(12-21(28)32-3)20-7-6-19(35-20)14-9-15(24(30)33-4)11-16(10-14)25(31)34-5/h6-11,17,27H,12H2,1-5H3. The summed E-state index contributed by atoms with van der Waals surface area (Å²) in [5.41, 5.74) is 0.567. The van der Waals surface area contributed by atoms with Crippen LogP contribution in [0.1, 0.15) is 50.1 Å². The molecule has 0 aliphatic carbocycles. The summed E-state index contributed by atoms with van der Waals surface area (Å²) in [5, 5.41) is 10.6. The van der Waals surface area contributed by atoms with Gasteiger partial charge in [0.15, 0.2) is 0 Å². The zero-order valence-electron chi connectivity index (χ0n) is 19.9. The second-order valence-corrected chi connectivity index (χ2v) is 7.77. The molecule has 1 atom stereocenters. The quantitative estimate of drug-likeness (QED) is 0.397. The highest BCUT2D eigenvalue weighted by atomic mass is 16.5. The number of aromatic hydroxyl groups is 1. The topological polar surface area (TPSA) is 134 Å². The van der Waals surface area contributed by atoms with E-state index in [1.807, 2.05) is 0 Å². The molecule has 3 rings (SSSR count). The molecule has 0 bridgehead atoms. The Morgan fingerprint density at radius 3 is 2.11 bits per heavy atom. The monoisotopic (exact) mass is 483 g/mol. The Hall–Kier alpha value is -4.34. The fourth-order valence-corrected chi connectivity index (χ4v) is 3.68. The summed E-state index contributed by atoms with van der Waals surface area (Å²) in [6, 6.07) is 8.81. The van der Waals surface area contributed by atoms with Crippen molar-refractivity contribution in [3.8, 4) is 17.1 Å². The highest BCUT2D eigenvalue weighted by molar-refractivity contribution is 5.97. The molecule has 1 N–H and O–H groups in total. The first kappa shape index (κ1) is 25.3. The molecule has 0 saturated heterocycles. The van der Waals surface area contributed by atoms with Gasteiger partial charge < -0.3 is 28.3 Å². The summed E-state index contributed by atoms with van der Waals surface area (Å²) in [5.74, 6) is -2.74. The zero-order valence-corrected chi connectivity index (χ0v) is 19.9. The zero-order chi connectivity index (χ0) is 25.9. The van der Waals surface area contributed by atoms with E-state index in [-0.39, 0.29) is 40.4 Å². The summed E-state index contributed by atoms with van der Waals surface area (Å²) in [6.45, 7) is 1.67. The van der Waals surface area contributed by atoms with Crippen LogP contribution in [-0.2, 0) is 26.1 Å². The summed E-state index contributed by atoms with van der Waals surface area (Å²) in [7, 11) is 5.19. The van der Waals surface area contributed by atoms with Crippen LogP contribution in [0.5, 0.6) is 5.75 Å². The fraction of sp³-hybridized carbons (Fsp3) is 0.280. The number of aromatic nitrogens is 1. The second kappa shape index (κ2) is 10.3. The maximum absolute atomic E-state index is 13.0. The van der Waals surface area contributed by atoms with Gasteiger partial charge >= 0.3 is 17.9 Å². The lowest BCUT2D eigenvalue weighted by atomic mass is 9.93. The van der Waals surface area contributed by atoms with Crippen LogP contribution >= 0.6 is 0 Å². The average Bonchev–Trinajstić information content (AvgIpc) is 3.35. The third-order valence-corrected chi connectivity index (χ3v) is 5.66. The number of aryl methyl sites for hydroxylation is 1. The number of benzene rings is 1. The Morgan fingerprint density at radius 2 is 1.57 bits per heavy atom. The van der Waals surface area contributed by atoms with E-state index in [9.17, 15) is 24.3 Å². The minimum Gasteiger partial charge on any atom is -0.507 e. The third kappa shape index (κ3) is 5.11. The summed E-state index contributed by atoms with van der Waals surface area (Å²) in [4.78, 5) is 49.4. The van der Waals surface area contributed by atoms with Gasteiger partial charge in [0.05, 0.1) is 50.4 Å². The van der Waals surface area contributed by atoms with E-state index in [0.717, 1.165) is 0 Å². The first-order valence-electron chi connectivity index (χ1n) is 10.5. The van der Waals surface area contributed by atoms with Crippen LogP contribution in [0.15, 0.2) is 45.6 Å². The van der Waals surface area contributed by atoms with Crippen molar-refractivity contribution in [1.29, 1.82) is 0 Å². The summed E-state index contributed by atoms with van der Waals surface area (Å²) < 4.78 is 21.6. The van der Waals surface area contributed by atoms with E-state index < -0.39 is 29.4 Å². The molecule has 0 aliphatic heterocycles. The number of rotatable bonds is 7. The SMILES string of the molecule is COC(=O)CC(c1ccc(-c2cc(C(=O)OC)cc(C(=O)OC)c2)o1)c1c(O)cc(C)n(C)c1=O. The first-order valence-corrected chi connectivity index (χ1v) is 10.5. The van der Waals surface area contributed by atoms with Gasteiger partial charge in [-0.25, -0.2) is 9.59 Å². The van der Waals surface area contributed by atoms with Gasteiger partial charge in [-0.1, -0.05) is 0 Å². The Labute approximate surface area is 200 Å². The molecule has 10 nitrogen and oxygen atoms in total. The van der Waals surface area contributed by atoms with Crippen molar-refractivity contribution in [3.05, 3.63) is 74.9 Å². The van der Waals surface area contributed by atoms with Crippen molar-refractivity contribution in [1.82, 2.24) is 4.57 Å². The maximum atomic E-state index is 13.0. The van der Waals surface area contributed by atoms with Gasteiger partial charge in [-0.3, -0.25) is 9.59 Å². The van der Waals surface area contributed by atoms with E-state index in [1.54, 1.807) is 26.1 Å². The van der Waals surface area contributed by atoms with Gasteiger partial charge in [-0.2, -0.15) is 0 Å². The van der Waals surface area contributed by atoms with Gasteiger partial charge in [-0.05, 0) is 43.3 Å². The van der Waals surface area contributed by atoms with Crippen molar-refractivity contribution >= 4 is 17.9 Å². The normalized spacial score (nSPS) is 11.6. The molecule has 0 fully saturated rings. The Balaban J connectivity index is 2.16. The van der Waals surface area contributed by atoms with Crippen molar-refractivity contribution < 1.29 is 38.1 Å². The van der Waals surface area contributed by atoms with Crippen LogP contribution in [0.3, 0.4) is 0 Å². The fourth-order valence-electron chi connectivity index (χ4n) is 3.68. The second-order valence-electron chi connectivity index (χ2n) is 7.77. The van der Waals surface area contributed by atoms with Crippen molar-refractivity contribution in [2.45, 2.75) is 19.3 Å². The van der Waals surface area contributed by atoms with E-state index >= 15 is 0 Å². The molecule has 0 spiro atoms. The number of pyridine rings is 1. The molecule has 0 amide bonds. The molecule has 0 radical (unpaired) electrons. The lowest BCUT2D eigenvalue weighted by molar-refractivity contribution is -0.140. The highest BCUT2D eigenvalue weighted by Crippen LogP contribution is 2.36. The van der Waals surface area contributed by atoms with Gasteiger partial charge in [-0.15, -0.1) is 0 Å². The number of nitrogens with zero attached hydrogens (tertiary/aromatic N) is 1. The predicted octanol–water partition coefficient (Wildman–Crippen LogP) is 2.93. The highest BCUT2D eigenvalue weighted by Gasteiger charge is 2.29. The van der Waals surface area contributed by atoms with Crippen LogP contribution < -0.4 is 5.56 Å².